The molecule has 3 amide bonds. The summed E-state index contributed by atoms with van der Waals surface area (Å²) < 4.78 is 28.4. The molecule has 2 aromatic carbocycles. The van der Waals surface area contributed by atoms with E-state index < -0.39 is 18.1 Å². The van der Waals surface area contributed by atoms with E-state index in [1.165, 1.54) is 13.5 Å². The quantitative estimate of drug-likeness (QED) is 0.479. The summed E-state index contributed by atoms with van der Waals surface area (Å²) in [6.45, 7) is 2.27. The van der Waals surface area contributed by atoms with Crippen molar-refractivity contribution in [3.63, 3.8) is 0 Å². The first-order valence-corrected chi connectivity index (χ1v) is 13.7. The van der Waals surface area contributed by atoms with Gasteiger partial charge in [0.25, 0.3) is 11.8 Å². The Kier molecular flexibility index (Phi) is 8.80. The molecule has 1 fully saturated rings. The highest BCUT2D eigenvalue weighted by Crippen LogP contribution is 2.30. The lowest BCUT2D eigenvalue weighted by Crippen LogP contribution is -2.58. The first kappa shape index (κ1) is 28.8. The molecule has 0 aliphatic carbocycles. The Morgan fingerprint density at radius 2 is 1.88 bits per heavy atom. The van der Waals surface area contributed by atoms with Crippen LogP contribution < -0.4 is 29.6 Å². The van der Waals surface area contributed by atoms with Gasteiger partial charge in [-0.3, -0.25) is 14.4 Å². The van der Waals surface area contributed by atoms with Gasteiger partial charge in [0.2, 0.25) is 5.91 Å². The molecule has 4 heterocycles. The minimum atomic E-state index is -0.550. The number of carbonyl (C=O) groups excluding carboxylic acids is 3. The number of hydrogen-bond acceptors (Lipinski definition) is 9. The fraction of sp³-hybridized carbons (Fsp3) is 0.400. The summed E-state index contributed by atoms with van der Waals surface area (Å²) in [5.74, 6) is 1.60. The van der Waals surface area contributed by atoms with Crippen molar-refractivity contribution in [1.29, 1.82) is 0 Å². The van der Waals surface area contributed by atoms with Crippen molar-refractivity contribution in [2.45, 2.75) is 44.9 Å². The zero-order valence-corrected chi connectivity index (χ0v) is 23.8. The summed E-state index contributed by atoms with van der Waals surface area (Å²) in [7, 11) is 3.07. The molecular weight excluding hydrogens is 544 g/mol. The molecule has 0 unspecified atom stereocenters. The standard InChI is InChI=1S/C30H34N4O8/c1-18-29(32-17-41-18)30(37)34-11-10-23-22(15-34)33-28(36)16-40-26-12-19(4-8-24(26)38-2)5-9-27(35)31-14-20-6-7-21(42-23)13-25(20)39-3/h4,6-8,12-13,17,22-23H,5,9-11,14-16H2,1-3H3,(H,31,35)(H,33,36)/t22-,23+/m1/s1. The van der Waals surface area contributed by atoms with E-state index in [4.69, 9.17) is 23.4 Å². The minimum Gasteiger partial charge on any atom is -0.496 e. The van der Waals surface area contributed by atoms with Crippen molar-refractivity contribution < 1.29 is 37.7 Å². The van der Waals surface area contributed by atoms with Gasteiger partial charge in [0.05, 0.1) is 20.3 Å². The van der Waals surface area contributed by atoms with E-state index in [9.17, 15) is 14.4 Å². The third kappa shape index (κ3) is 6.59. The van der Waals surface area contributed by atoms with Gasteiger partial charge in [0.1, 0.15) is 23.4 Å². The molecule has 12 heteroatoms. The van der Waals surface area contributed by atoms with Gasteiger partial charge in [-0.1, -0.05) is 6.07 Å². The number of piperidine rings is 1. The maximum atomic E-state index is 13.2. The van der Waals surface area contributed by atoms with Crippen LogP contribution in [0.4, 0.5) is 0 Å². The van der Waals surface area contributed by atoms with Crippen molar-refractivity contribution in [2.75, 3.05) is 33.9 Å². The molecule has 0 radical (unpaired) electrons. The van der Waals surface area contributed by atoms with Crippen molar-refractivity contribution in [1.82, 2.24) is 20.5 Å². The van der Waals surface area contributed by atoms with Gasteiger partial charge in [-0.25, -0.2) is 4.98 Å². The number of ether oxygens (including phenoxy) is 4. The van der Waals surface area contributed by atoms with Crippen LogP contribution >= 0.6 is 0 Å². The largest absolute Gasteiger partial charge is 0.496 e. The number of likely N-dealkylation sites (tertiary alicyclic amines) is 1. The van der Waals surface area contributed by atoms with Crippen LogP contribution in [0.25, 0.3) is 0 Å². The van der Waals surface area contributed by atoms with E-state index in [0.717, 1.165) is 11.1 Å². The van der Waals surface area contributed by atoms with E-state index in [-0.39, 0.29) is 37.1 Å². The number of nitrogens with one attached hydrogen (secondary N) is 2. The van der Waals surface area contributed by atoms with E-state index in [2.05, 4.69) is 15.6 Å². The van der Waals surface area contributed by atoms with Gasteiger partial charge in [-0.2, -0.15) is 0 Å². The number of amides is 3. The van der Waals surface area contributed by atoms with E-state index in [0.29, 0.717) is 54.7 Å². The molecule has 0 saturated carbocycles. The van der Waals surface area contributed by atoms with Crippen LogP contribution in [0.15, 0.2) is 47.2 Å². The highest BCUT2D eigenvalue weighted by Gasteiger charge is 2.36. The van der Waals surface area contributed by atoms with Crippen molar-refractivity contribution >= 4 is 17.7 Å². The average Bonchev–Trinajstić information content (AvgIpc) is 3.43. The number of carbonyl (C=O) groups is 3. The normalized spacial score (nSPS) is 19.5. The average molecular weight is 579 g/mol. The van der Waals surface area contributed by atoms with Crippen LogP contribution in [0.3, 0.4) is 0 Å². The number of aryl methyl sites for hydroxylation is 2. The van der Waals surface area contributed by atoms with E-state index in [1.54, 1.807) is 43.2 Å². The maximum absolute atomic E-state index is 13.2. The number of fused-ring (bicyclic) bond motifs is 9. The molecule has 4 bridgehead atoms. The molecule has 2 N–H and O–H groups in total. The first-order chi connectivity index (χ1) is 20.3. The monoisotopic (exact) mass is 578 g/mol. The second kappa shape index (κ2) is 12.8. The number of benzene rings is 2. The van der Waals surface area contributed by atoms with Crippen LogP contribution in [0.1, 0.15) is 40.2 Å². The zero-order valence-electron chi connectivity index (χ0n) is 23.8. The molecule has 222 valence electrons. The third-order valence-corrected chi connectivity index (χ3v) is 7.38. The van der Waals surface area contributed by atoms with Crippen LogP contribution in [-0.2, 0) is 22.6 Å². The SMILES string of the molecule is COc1cc2ccc1CNC(=O)CCc1ccc(OC)c(c1)OCC(=O)N[C@@H]1CN(C(=O)c3ncoc3C)CC[C@@H]1O2. The summed E-state index contributed by atoms with van der Waals surface area (Å²) in [4.78, 5) is 44.6. The molecular formula is C30H34N4O8. The number of aromatic nitrogens is 1. The van der Waals surface area contributed by atoms with Gasteiger partial charge in [0, 0.05) is 44.1 Å². The lowest BCUT2D eigenvalue weighted by Gasteiger charge is -2.38. The van der Waals surface area contributed by atoms with Crippen molar-refractivity contribution in [3.8, 4) is 23.0 Å². The van der Waals surface area contributed by atoms with Gasteiger partial charge in [-0.15, -0.1) is 0 Å². The Morgan fingerprint density at radius 1 is 1.05 bits per heavy atom. The molecule has 12 nitrogen and oxygen atoms in total. The van der Waals surface area contributed by atoms with Gasteiger partial charge in [0.15, 0.2) is 30.2 Å². The summed E-state index contributed by atoms with van der Waals surface area (Å²) in [6, 6.07) is 10.2. The number of nitrogens with zero attached hydrogens (tertiary/aromatic N) is 2. The van der Waals surface area contributed by atoms with E-state index in [1.807, 2.05) is 12.1 Å². The van der Waals surface area contributed by atoms with Crippen LogP contribution in [0.5, 0.6) is 23.0 Å². The van der Waals surface area contributed by atoms with E-state index >= 15 is 0 Å². The highest BCUT2D eigenvalue weighted by molar-refractivity contribution is 5.93. The van der Waals surface area contributed by atoms with Gasteiger partial charge < -0.3 is 38.9 Å². The Balaban J connectivity index is 1.42. The predicted octanol–water partition coefficient (Wildman–Crippen LogP) is 2.42. The summed E-state index contributed by atoms with van der Waals surface area (Å²) in [6.07, 6.45) is 1.97. The number of oxazole rings is 1. The summed E-state index contributed by atoms with van der Waals surface area (Å²) >= 11 is 0. The van der Waals surface area contributed by atoms with Crippen LogP contribution in [0, 0.1) is 6.92 Å². The molecule has 3 aliphatic rings. The Labute approximate surface area is 243 Å². The Bertz CT molecular complexity index is 1450. The van der Waals surface area contributed by atoms with Crippen LogP contribution in [-0.4, -0.2) is 73.7 Å². The fourth-order valence-corrected chi connectivity index (χ4v) is 5.10. The molecule has 1 saturated heterocycles. The Hall–Kier alpha value is -4.74. The fourth-order valence-electron chi connectivity index (χ4n) is 5.10. The highest BCUT2D eigenvalue weighted by atomic mass is 16.5. The number of hydrogen-bond donors (Lipinski definition) is 2. The van der Waals surface area contributed by atoms with Crippen LogP contribution in [0.2, 0.25) is 0 Å². The molecule has 1 aromatic heterocycles. The maximum Gasteiger partial charge on any atom is 0.276 e. The summed E-state index contributed by atoms with van der Waals surface area (Å²) in [5.41, 5.74) is 1.89. The predicted molar refractivity (Wildman–Crippen MR) is 150 cm³/mol. The molecule has 6 rings (SSSR count). The first-order valence-electron chi connectivity index (χ1n) is 13.7. The van der Waals surface area contributed by atoms with Crippen molar-refractivity contribution in [3.05, 3.63) is 65.4 Å². The topological polar surface area (TPSA) is 141 Å². The summed E-state index contributed by atoms with van der Waals surface area (Å²) in [5, 5.41) is 5.94. The molecule has 2 atom stereocenters. The lowest BCUT2D eigenvalue weighted by atomic mass is 10.0. The van der Waals surface area contributed by atoms with Crippen molar-refractivity contribution in [2.24, 2.45) is 0 Å². The second-order valence-corrected chi connectivity index (χ2v) is 10.2. The number of methoxy groups -OCH3 is 2. The van der Waals surface area contributed by atoms with Gasteiger partial charge in [-0.05, 0) is 43.2 Å². The number of rotatable bonds is 3. The minimum absolute atomic E-state index is 0.113. The molecule has 3 aromatic rings. The molecule has 42 heavy (non-hydrogen) atoms. The Morgan fingerprint density at radius 3 is 2.64 bits per heavy atom. The zero-order chi connectivity index (χ0) is 29.6. The second-order valence-electron chi connectivity index (χ2n) is 10.2. The molecule has 0 spiro atoms. The third-order valence-electron chi connectivity index (χ3n) is 7.38. The smallest absolute Gasteiger partial charge is 0.276 e. The van der Waals surface area contributed by atoms with Gasteiger partial charge >= 0.3 is 0 Å². The lowest BCUT2D eigenvalue weighted by molar-refractivity contribution is -0.125. The molecule has 3 aliphatic heterocycles.